The quantitative estimate of drug-likeness (QED) is 0.655. The van der Waals surface area contributed by atoms with E-state index in [0.717, 1.165) is 31.9 Å². The zero-order valence-corrected chi connectivity index (χ0v) is 13.0. The van der Waals surface area contributed by atoms with Gasteiger partial charge in [-0.25, -0.2) is 0 Å². The Morgan fingerprint density at radius 1 is 1.32 bits per heavy atom. The lowest BCUT2D eigenvalue weighted by molar-refractivity contribution is 0.287. The molecule has 0 aromatic carbocycles. The predicted molar refractivity (Wildman–Crippen MR) is 81.1 cm³/mol. The minimum Gasteiger partial charge on any atom is -0.468 e. The van der Waals surface area contributed by atoms with Gasteiger partial charge >= 0.3 is 0 Å². The fourth-order valence-electron chi connectivity index (χ4n) is 2.11. The molecule has 0 amide bonds. The highest BCUT2D eigenvalue weighted by molar-refractivity contribution is 5.16. The molecule has 1 aromatic rings. The number of rotatable bonds is 10. The molecule has 0 spiro atoms. The first-order valence-corrected chi connectivity index (χ1v) is 7.58. The van der Waals surface area contributed by atoms with Crippen LogP contribution in [0.2, 0.25) is 0 Å². The molecule has 0 aliphatic rings. The summed E-state index contributed by atoms with van der Waals surface area (Å²) in [6, 6.07) is 2.09. The van der Waals surface area contributed by atoms with Gasteiger partial charge in [0.15, 0.2) is 0 Å². The van der Waals surface area contributed by atoms with Crippen LogP contribution in [0, 0.1) is 5.92 Å². The molecule has 0 fully saturated rings. The Kier molecular flexibility index (Phi) is 7.84. The number of nitrogens with one attached hydrogen (secondary N) is 1. The third-order valence-electron chi connectivity index (χ3n) is 3.26. The van der Waals surface area contributed by atoms with Crippen LogP contribution in [0.4, 0.5) is 0 Å². The Labute approximate surface area is 118 Å². The molecule has 0 aliphatic carbocycles. The van der Waals surface area contributed by atoms with E-state index in [0.29, 0.717) is 5.92 Å². The van der Waals surface area contributed by atoms with Gasteiger partial charge in [0.05, 0.1) is 12.8 Å². The molecule has 0 saturated carbocycles. The Morgan fingerprint density at radius 3 is 2.79 bits per heavy atom. The Balaban J connectivity index is 2.35. The molecule has 1 N–H and O–H groups in total. The average molecular weight is 266 g/mol. The van der Waals surface area contributed by atoms with Crippen molar-refractivity contribution >= 4 is 0 Å². The highest BCUT2D eigenvalue weighted by Gasteiger charge is 2.09. The molecule has 3 heteroatoms. The van der Waals surface area contributed by atoms with Crippen LogP contribution in [0.3, 0.4) is 0 Å². The van der Waals surface area contributed by atoms with Crippen molar-refractivity contribution in [1.82, 2.24) is 10.2 Å². The lowest BCUT2D eigenvalue weighted by atomic mass is 10.2. The van der Waals surface area contributed by atoms with E-state index >= 15 is 0 Å². The number of hydrogen-bond donors (Lipinski definition) is 1. The summed E-state index contributed by atoms with van der Waals surface area (Å²) >= 11 is 0. The first-order valence-electron chi connectivity index (χ1n) is 7.58. The van der Waals surface area contributed by atoms with Crippen LogP contribution in [-0.2, 0) is 13.1 Å². The van der Waals surface area contributed by atoms with Crippen molar-refractivity contribution in [3.8, 4) is 0 Å². The van der Waals surface area contributed by atoms with E-state index in [-0.39, 0.29) is 0 Å². The van der Waals surface area contributed by atoms with Crippen LogP contribution in [0.25, 0.3) is 0 Å². The summed E-state index contributed by atoms with van der Waals surface area (Å²) in [5, 5.41) is 3.47. The summed E-state index contributed by atoms with van der Waals surface area (Å²) in [6.45, 7) is 10.7. The fourth-order valence-corrected chi connectivity index (χ4v) is 2.11. The minimum atomic E-state index is 0.687. The van der Waals surface area contributed by atoms with Crippen molar-refractivity contribution in [2.45, 2.75) is 53.1 Å². The molecule has 0 radical (unpaired) electrons. The third kappa shape index (κ3) is 6.79. The third-order valence-corrected chi connectivity index (χ3v) is 3.26. The highest BCUT2D eigenvalue weighted by atomic mass is 16.3. The van der Waals surface area contributed by atoms with Gasteiger partial charge < -0.3 is 9.73 Å². The van der Waals surface area contributed by atoms with Crippen LogP contribution in [0.5, 0.6) is 0 Å². The fraction of sp³-hybridized carbons (Fsp3) is 0.750. The van der Waals surface area contributed by atoms with Crippen molar-refractivity contribution in [3.05, 3.63) is 23.7 Å². The highest BCUT2D eigenvalue weighted by Crippen LogP contribution is 2.13. The Hall–Kier alpha value is -0.800. The molecule has 110 valence electrons. The zero-order chi connectivity index (χ0) is 14.1. The standard InChI is InChI=1S/C16H30N2O/c1-5-6-7-9-18(4)13-16-15(8-10-19-16)12-17-11-14(2)3/h8,10,14,17H,5-7,9,11-13H2,1-4H3. The number of hydrogen-bond acceptors (Lipinski definition) is 3. The maximum absolute atomic E-state index is 5.62. The van der Waals surface area contributed by atoms with Crippen molar-refractivity contribution < 1.29 is 4.42 Å². The number of unbranched alkanes of at least 4 members (excludes halogenated alkanes) is 2. The van der Waals surface area contributed by atoms with Crippen molar-refractivity contribution in [2.75, 3.05) is 20.1 Å². The molecule has 1 heterocycles. The zero-order valence-electron chi connectivity index (χ0n) is 13.0. The maximum atomic E-state index is 5.62. The summed E-state index contributed by atoms with van der Waals surface area (Å²) in [5.41, 5.74) is 1.29. The molecule has 0 aliphatic heterocycles. The van der Waals surface area contributed by atoms with Crippen molar-refractivity contribution in [2.24, 2.45) is 5.92 Å². The molecular formula is C16H30N2O. The van der Waals surface area contributed by atoms with Crippen molar-refractivity contribution in [1.29, 1.82) is 0 Å². The lowest BCUT2D eigenvalue weighted by Gasteiger charge is -2.16. The van der Waals surface area contributed by atoms with Gasteiger partial charge in [0.1, 0.15) is 5.76 Å². The van der Waals surface area contributed by atoms with Gasteiger partial charge in [0.25, 0.3) is 0 Å². The summed E-state index contributed by atoms with van der Waals surface area (Å²) in [5.74, 6) is 1.79. The normalized spacial score (nSPS) is 11.7. The summed E-state index contributed by atoms with van der Waals surface area (Å²) in [7, 11) is 2.17. The lowest BCUT2D eigenvalue weighted by Crippen LogP contribution is -2.22. The van der Waals surface area contributed by atoms with Crippen LogP contribution < -0.4 is 5.32 Å². The van der Waals surface area contributed by atoms with Gasteiger partial charge in [-0.15, -0.1) is 0 Å². The van der Waals surface area contributed by atoms with E-state index in [1.165, 1.54) is 24.8 Å². The van der Waals surface area contributed by atoms with Crippen LogP contribution in [0.15, 0.2) is 16.7 Å². The molecule has 0 bridgehead atoms. The molecule has 19 heavy (non-hydrogen) atoms. The summed E-state index contributed by atoms with van der Waals surface area (Å²) in [6.07, 6.45) is 5.67. The van der Waals surface area contributed by atoms with Crippen LogP contribution in [0.1, 0.15) is 51.4 Å². The van der Waals surface area contributed by atoms with Gasteiger partial charge in [-0.3, -0.25) is 4.90 Å². The predicted octanol–water partition coefficient (Wildman–Crippen LogP) is 3.65. The van der Waals surface area contributed by atoms with E-state index in [9.17, 15) is 0 Å². The van der Waals surface area contributed by atoms with Gasteiger partial charge in [-0.2, -0.15) is 0 Å². The van der Waals surface area contributed by atoms with Gasteiger partial charge in [-0.1, -0.05) is 33.6 Å². The largest absolute Gasteiger partial charge is 0.468 e. The van der Waals surface area contributed by atoms with Gasteiger partial charge in [0, 0.05) is 12.1 Å². The Morgan fingerprint density at radius 2 is 2.11 bits per heavy atom. The molecule has 3 nitrogen and oxygen atoms in total. The smallest absolute Gasteiger partial charge is 0.122 e. The van der Waals surface area contributed by atoms with E-state index in [2.05, 4.69) is 44.1 Å². The monoisotopic (exact) mass is 266 g/mol. The number of furan rings is 1. The molecule has 0 saturated heterocycles. The minimum absolute atomic E-state index is 0.687. The topological polar surface area (TPSA) is 28.4 Å². The van der Waals surface area contributed by atoms with Crippen LogP contribution in [-0.4, -0.2) is 25.0 Å². The van der Waals surface area contributed by atoms with Gasteiger partial charge in [0.2, 0.25) is 0 Å². The summed E-state index contributed by atoms with van der Waals surface area (Å²) < 4.78 is 5.62. The Bertz CT molecular complexity index is 333. The molecule has 1 aromatic heterocycles. The first-order chi connectivity index (χ1) is 9.13. The second-order valence-corrected chi connectivity index (χ2v) is 5.84. The molecule has 0 atom stereocenters. The van der Waals surface area contributed by atoms with Crippen LogP contribution >= 0.6 is 0 Å². The van der Waals surface area contributed by atoms with E-state index in [1.807, 2.05) is 6.26 Å². The SMILES string of the molecule is CCCCCN(C)Cc1occc1CNCC(C)C. The maximum Gasteiger partial charge on any atom is 0.122 e. The first kappa shape index (κ1) is 16.3. The van der Waals surface area contributed by atoms with E-state index in [1.54, 1.807) is 0 Å². The van der Waals surface area contributed by atoms with Crippen molar-refractivity contribution in [3.63, 3.8) is 0 Å². The van der Waals surface area contributed by atoms with E-state index < -0.39 is 0 Å². The second-order valence-electron chi connectivity index (χ2n) is 5.84. The molecule has 1 rings (SSSR count). The van der Waals surface area contributed by atoms with E-state index in [4.69, 9.17) is 4.42 Å². The summed E-state index contributed by atoms with van der Waals surface area (Å²) in [4.78, 5) is 2.35. The number of nitrogens with zero attached hydrogens (tertiary/aromatic N) is 1. The molecular weight excluding hydrogens is 236 g/mol. The van der Waals surface area contributed by atoms with Gasteiger partial charge in [-0.05, 0) is 38.5 Å². The molecule has 0 unspecified atom stereocenters. The average Bonchev–Trinajstić information content (AvgIpc) is 2.76. The second kappa shape index (κ2) is 9.16.